The van der Waals surface area contributed by atoms with Gasteiger partial charge in [0.25, 0.3) is 0 Å². The number of aromatic nitrogens is 1. The molecule has 3 aromatic rings. The Morgan fingerprint density at radius 2 is 2.27 bits per heavy atom. The van der Waals surface area contributed by atoms with Gasteiger partial charge in [-0.2, -0.15) is 0 Å². The van der Waals surface area contributed by atoms with E-state index in [9.17, 15) is 9.18 Å². The van der Waals surface area contributed by atoms with Gasteiger partial charge < -0.3 is 10.2 Å². The van der Waals surface area contributed by atoms with Crippen LogP contribution in [0.1, 0.15) is 17.7 Å². The van der Waals surface area contributed by atoms with Crippen LogP contribution in [0.15, 0.2) is 48.0 Å². The zero-order valence-corrected chi connectivity index (χ0v) is 15.1. The van der Waals surface area contributed by atoms with E-state index in [0.29, 0.717) is 13.1 Å². The molecule has 4 nitrogen and oxygen atoms in total. The summed E-state index contributed by atoms with van der Waals surface area (Å²) in [5.74, 6) is -0.234. The van der Waals surface area contributed by atoms with Gasteiger partial charge in [-0.3, -0.25) is 9.78 Å². The summed E-state index contributed by atoms with van der Waals surface area (Å²) in [6, 6.07) is 10.6. The quantitative estimate of drug-likeness (QED) is 0.757. The summed E-state index contributed by atoms with van der Waals surface area (Å²) >= 11 is 1.64. The third-order valence-electron chi connectivity index (χ3n) is 4.83. The van der Waals surface area contributed by atoms with Gasteiger partial charge in [0.2, 0.25) is 5.91 Å². The van der Waals surface area contributed by atoms with E-state index in [1.165, 1.54) is 12.1 Å². The molecule has 1 fully saturated rings. The Hall–Kier alpha value is -2.47. The predicted octanol–water partition coefficient (Wildman–Crippen LogP) is 3.97. The SMILES string of the molecule is O=C(NCc1cccs1)C1CCCN(c2ccnc3ccc(F)cc23)C1. The van der Waals surface area contributed by atoms with Crippen LogP contribution in [-0.4, -0.2) is 24.0 Å². The highest BCUT2D eigenvalue weighted by atomic mass is 32.1. The number of carbonyl (C=O) groups is 1. The van der Waals surface area contributed by atoms with Crippen molar-refractivity contribution in [3.05, 3.63) is 58.7 Å². The number of thiophene rings is 1. The number of pyridine rings is 1. The van der Waals surface area contributed by atoms with Crippen LogP contribution in [0.5, 0.6) is 0 Å². The number of fused-ring (bicyclic) bond motifs is 1. The Kier molecular flexibility index (Phi) is 4.84. The van der Waals surface area contributed by atoms with E-state index < -0.39 is 0 Å². The molecule has 6 heteroatoms. The minimum absolute atomic E-state index is 0.0551. The molecule has 1 saturated heterocycles. The van der Waals surface area contributed by atoms with Crippen molar-refractivity contribution >= 4 is 33.8 Å². The summed E-state index contributed by atoms with van der Waals surface area (Å²) in [5, 5.41) is 5.86. The summed E-state index contributed by atoms with van der Waals surface area (Å²) < 4.78 is 13.7. The molecule has 4 rings (SSSR count). The zero-order valence-electron chi connectivity index (χ0n) is 14.3. The average molecular weight is 369 g/mol. The molecule has 1 unspecified atom stereocenters. The third kappa shape index (κ3) is 3.55. The van der Waals surface area contributed by atoms with E-state index in [-0.39, 0.29) is 17.6 Å². The highest BCUT2D eigenvalue weighted by molar-refractivity contribution is 7.09. The van der Waals surface area contributed by atoms with Crippen molar-refractivity contribution in [1.29, 1.82) is 0 Å². The normalized spacial score (nSPS) is 17.4. The summed E-state index contributed by atoms with van der Waals surface area (Å²) in [6.07, 6.45) is 3.57. The van der Waals surface area contributed by atoms with Crippen molar-refractivity contribution in [2.45, 2.75) is 19.4 Å². The van der Waals surface area contributed by atoms with Gasteiger partial charge in [-0.1, -0.05) is 6.07 Å². The first-order valence-electron chi connectivity index (χ1n) is 8.80. The standard InChI is InChI=1S/C20H20FN3OS/c21-15-5-6-18-17(11-15)19(7-8-22-18)24-9-1-3-14(13-24)20(25)23-12-16-4-2-10-26-16/h2,4-8,10-11,14H,1,3,9,12-13H2,(H,23,25). The molecule has 1 N–H and O–H groups in total. The minimum Gasteiger partial charge on any atom is -0.370 e. The Morgan fingerprint density at radius 1 is 1.35 bits per heavy atom. The number of rotatable bonds is 4. The fraction of sp³-hybridized carbons (Fsp3) is 0.300. The maximum Gasteiger partial charge on any atom is 0.225 e. The van der Waals surface area contributed by atoms with E-state index in [1.807, 2.05) is 23.6 Å². The van der Waals surface area contributed by atoms with Crippen molar-refractivity contribution in [1.82, 2.24) is 10.3 Å². The number of hydrogen-bond acceptors (Lipinski definition) is 4. The maximum atomic E-state index is 13.7. The number of nitrogens with one attached hydrogen (secondary N) is 1. The lowest BCUT2D eigenvalue weighted by Gasteiger charge is -2.34. The molecule has 1 aromatic carbocycles. The Balaban J connectivity index is 1.50. The monoisotopic (exact) mass is 369 g/mol. The Labute approximate surface area is 155 Å². The van der Waals surface area contributed by atoms with Crippen LogP contribution in [0.2, 0.25) is 0 Å². The van der Waals surface area contributed by atoms with Crippen molar-refractivity contribution < 1.29 is 9.18 Å². The molecular weight excluding hydrogens is 349 g/mol. The van der Waals surface area contributed by atoms with Crippen molar-refractivity contribution in [2.75, 3.05) is 18.0 Å². The van der Waals surface area contributed by atoms with Gasteiger partial charge in [-0.05, 0) is 48.6 Å². The Bertz CT molecular complexity index is 913. The highest BCUT2D eigenvalue weighted by Crippen LogP contribution is 2.30. The molecule has 1 aliphatic heterocycles. The molecule has 1 amide bonds. The third-order valence-corrected chi connectivity index (χ3v) is 5.71. The van der Waals surface area contributed by atoms with Crippen LogP contribution in [0, 0.1) is 11.7 Å². The maximum absolute atomic E-state index is 13.7. The lowest BCUT2D eigenvalue weighted by molar-refractivity contribution is -0.125. The zero-order chi connectivity index (χ0) is 17.9. The van der Waals surface area contributed by atoms with E-state index in [0.717, 1.165) is 40.9 Å². The second-order valence-corrected chi connectivity index (χ2v) is 7.61. The Morgan fingerprint density at radius 3 is 3.12 bits per heavy atom. The van der Waals surface area contributed by atoms with Gasteiger partial charge in [0.05, 0.1) is 18.0 Å². The second-order valence-electron chi connectivity index (χ2n) is 6.57. The number of amides is 1. The second kappa shape index (κ2) is 7.41. The predicted molar refractivity (Wildman–Crippen MR) is 103 cm³/mol. The van der Waals surface area contributed by atoms with E-state index in [1.54, 1.807) is 23.6 Å². The molecule has 1 aliphatic rings. The van der Waals surface area contributed by atoms with Crippen molar-refractivity contribution in [3.8, 4) is 0 Å². The number of anilines is 1. The summed E-state index contributed by atoms with van der Waals surface area (Å²) in [7, 11) is 0. The first kappa shape index (κ1) is 17.0. The molecule has 0 bridgehead atoms. The smallest absolute Gasteiger partial charge is 0.225 e. The summed E-state index contributed by atoms with van der Waals surface area (Å²) in [5.41, 5.74) is 1.72. The fourth-order valence-electron chi connectivity index (χ4n) is 3.52. The van der Waals surface area contributed by atoms with E-state index in [4.69, 9.17) is 0 Å². The van der Waals surface area contributed by atoms with Crippen LogP contribution in [0.3, 0.4) is 0 Å². The summed E-state index contributed by atoms with van der Waals surface area (Å²) in [4.78, 5) is 20.2. The van der Waals surface area contributed by atoms with Gasteiger partial charge in [0.1, 0.15) is 5.82 Å². The number of nitrogens with zero attached hydrogens (tertiary/aromatic N) is 2. The van der Waals surface area contributed by atoms with Crippen LogP contribution >= 0.6 is 11.3 Å². The number of benzene rings is 1. The molecule has 134 valence electrons. The number of carbonyl (C=O) groups excluding carboxylic acids is 1. The highest BCUT2D eigenvalue weighted by Gasteiger charge is 2.26. The molecule has 3 heterocycles. The molecule has 0 aliphatic carbocycles. The van der Waals surface area contributed by atoms with E-state index >= 15 is 0 Å². The molecule has 0 saturated carbocycles. The van der Waals surface area contributed by atoms with Gasteiger partial charge in [0.15, 0.2) is 0 Å². The minimum atomic E-state index is -0.269. The number of piperidine rings is 1. The van der Waals surface area contributed by atoms with Gasteiger partial charge >= 0.3 is 0 Å². The van der Waals surface area contributed by atoms with Crippen LogP contribution in [0.4, 0.5) is 10.1 Å². The van der Waals surface area contributed by atoms with Gasteiger partial charge in [-0.25, -0.2) is 4.39 Å². The van der Waals surface area contributed by atoms with Crippen LogP contribution in [-0.2, 0) is 11.3 Å². The molecular formula is C20H20FN3OS. The average Bonchev–Trinajstić information content (AvgIpc) is 3.19. The first-order valence-corrected chi connectivity index (χ1v) is 9.68. The molecule has 2 aromatic heterocycles. The van der Waals surface area contributed by atoms with Crippen molar-refractivity contribution in [2.24, 2.45) is 5.92 Å². The van der Waals surface area contributed by atoms with Crippen molar-refractivity contribution in [3.63, 3.8) is 0 Å². The lowest BCUT2D eigenvalue weighted by atomic mass is 9.96. The molecule has 0 spiro atoms. The first-order chi connectivity index (χ1) is 12.7. The van der Waals surface area contributed by atoms with Crippen LogP contribution < -0.4 is 10.2 Å². The fourth-order valence-corrected chi connectivity index (χ4v) is 4.17. The van der Waals surface area contributed by atoms with Crippen LogP contribution in [0.25, 0.3) is 10.9 Å². The molecule has 1 atom stereocenters. The van der Waals surface area contributed by atoms with Gasteiger partial charge in [-0.15, -0.1) is 11.3 Å². The molecule has 0 radical (unpaired) electrons. The largest absolute Gasteiger partial charge is 0.370 e. The lowest BCUT2D eigenvalue weighted by Crippen LogP contribution is -2.43. The summed E-state index contributed by atoms with van der Waals surface area (Å²) in [6.45, 7) is 2.09. The van der Waals surface area contributed by atoms with E-state index in [2.05, 4.69) is 15.2 Å². The molecule has 26 heavy (non-hydrogen) atoms. The van der Waals surface area contributed by atoms with Gasteiger partial charge in [0, 0.05) is 35.2 Å². The topological polar surface area (TPSA) is 45.2 Å². The number of halogens is 1. The number of hydrogen-bond donors (Lipinski definition) is 1.